The summed E-state index contributed by atoms with van der Waals surface area (Å²) < 4.78 is 14.3. The van der Waals surface area contributed by atoms with Gasteiger partial charge in [0.25, 0.3) is 11.8 Å². The van der Waals surface area contributed by atoms with Gasteiger partial charge in [-0.25, -0.2) is 9.18 Å². The van der Waals surface area contributed by atoms with E-state index in [0.717, 1.165) is 4.47 Å². The molecule has 2 aliphatic rings. The molecule has 2 aromatic carbocycles. The molecule has 1 saturated heterocycles. The molecule has 0 spiro atoms. The Kier molecular flexibility index (Phi) is 3.80. The Morgan fingerprint density at radius 3 is 2.50 bits per heavy atom. The van der Waals surface area contributed by atoms with Crippen LogP contribution in [0, 0.1) is 5.82 Å². The number of benzene rings is 2. The van der Waals surface area contributed by atoms with Gasteiger partial charge in [-0.15, -0.1) is 0 Å². The van der Waals surface area contributed by atoms with E-state index in [2.05, 4.69) is 26.6 Å². The number of amides is 4. The van der Waals surface area contributed by atoms with Gasteiger partial charge >= 0.3 is 6.03 Å². The van der Waals surface area contributed by atoms with Gasteiger partial charge in [-0.05, 0) is 35.4 Å². The number of imide groups is 1. The molecule has 0 aliphatic carbocycles. The molecule has 0 aromatic heterocycles. The molecule has 26 heavy (non-hydrogen) atoms. The lowest BCUT2D eigenvalue weighted by atomic mass is 9.89. The van der Waals surface area contributed by atoms with E-state index >= 15 is 0 Å². The smallest absolute Gasteiger partial charge is 0.322 e. The van der Waals surface area contributed by atoms with Crippen molar-refractivity contribution in [2.45, 2.75) is 12.1 Å². The van der Waals surface area contributed by atoms with E-state index < -0.39 is 23.3 Å². The summed E-state index contributed by atoms with van der Waals surface area (Å²) in [5.41, 5.74) is 0.125. The van der Waals surface area contributed by atoms with E-state index in [1.165, 1.54) is 17.0 Å². The number of fused-ring (bicyclic) bond motifs is 1. The Hall–Kier alpha value is -2.74. The molecule has 2 aromatic rings. The van der Waals surface area contributed by atoms with Crippen molar-refractivity contribution < 1.29 is 18.8 Å². The molecule has 0 saturated carbocycles. The molecule has 1 fully saturated rings. The third-order valence-corrected chi connectivity index (χ3v) is 5.19. The van der Waals surface area contributed by atoms with Gasteiger partial charge in [-0.1, -0.05) is 34.1 Å². The van der Waals surface area contributed by atoms with E-state index in [4.69, 9.17) is 0 Å². The molecule has 8 heteroatoms. The van der Waals surface area contributed by atoms with Crippen LogP contribution in [0.2, 0.25) is 0 Å². The van der Waals surface area contributed by atoms with E-state index in [1.54, 1.807) is 30.3 Å². The highest BCUT2D eigenvalue weighted by Gasteiger charge is 2.50. The zero-order valence-electron chi connectivity index (χ0n) is 13.4. The average molecular weight is 418 g/mol. The SMILES string of the molecule is O=C1NC(=O)C(CN2Cc3ccc(F)cc3C2=O)(c2ccc(Br)cc2)N1. The average Bonchev–Trinajstić information content (AvgIpc) is 3.06. The summed E-state index contributed by atoms with van der Waals surface area (Å²) in [4.78, 5) is 38.5. The van der Waals surface area contributed by atoms with E-state index in [0.29, 0.717) is 11.1 Å². The van der Waals surface area contributed by atoms with Gasteiger partial charge in [0.05, 0.1) is 6.54 Å². The highest BCUT2D eigenvalue weighted by Crippen LogP contribution is 2.31. The number of hydrogen-bond donors (Lipinski definition) is 2. The summed E-state index contributed by atoms with van der Waals surface area (Å²) in [5, 5.41) is 4.90. The van der Waals surface area contributed by atoms with E-state index in [1.807, 2.05) is 0 Å². The number of nitrogens with one attached hydrogen (secondary N) is 2. The van der Waals surface area contributed by atoms with Crippen LogP contribution in [-0.4, -0.2) is 29.3 Å². The topological polar surface area (TPSA) is 78.5 Å². The summed E-state index contributed by atoms with van der Waals surface area (Å²) in [6.45, 7) is 0.192. The van der Waals surface area contributed by atoms with Crippen LogP contribution in [0.15, 0.2) is 46.9 Å². The van der Waals surface area contributed by atoms with Crippen LogP contribution in [-0.2, 0) is 16.9 Å². The summed E-state index contributed by atoms with van der Waals surface area (Å²) in [7, 11) is 0. The molecule has 2 N–H and O–H groups in total. The zero-order chi connectivity index (χ0) is 18.5. The molecule has 0 bridgehead atoms. The fourth-order valence-corrected chi connectivity index (χ4v) is 3.64. The van der Waals surface area contributed by atoms with Gasteiger partial charge in [-0.2, -0.15) is 0 Å². The van der Waals surface area contributed by atoms with Crippen LogP contribution >= 0.6 is 15.9 Å². The molecule has 4 rings (SSSR count). The zero-order valence-corrected chi connectivity index (χ0v) is 15.0. The fraction of sp³-hybridized carbons (Fsp3) is 0.167. The quantitative estimate of drug-likeness (QED) is 0.751. The molecule has 2 aliphatic heterocycles. The third-order valence-electron chi connectivity index (χ3n) is 4.66. The first kappa shape index (κ1) is 16.7. The lowest BCUT2D eigenvalue weighted by Gasteiger charge is -2.31. The minimum absolute atomic E-state index is 0.0542. The molecule has 4 amide bonds. The van der Waals surface area contributed by atoms with Gasteiger partial charge in [-0.3, -0.25) is 14.9 Å². The Morgan fingerprint density at radius 2 is 1.85 bits per heavy atom. The monoisotopic (exact) mass is 417 g/mol. The molecular weight excluding hydrogens is 405 g/mol. The minimum atomic E-state index is -1.39. The standard InChI is InChI=1S/C18H13BrFN3O3/c19-12-4-2-11(3-5-12)18(16(25)21-17(26)22-18)9-23-8-10-1-6-13(20)7-14(10)15(23)24/h1-7H,8-9H2,(H2,21,22,25,26). The summed E-state index contributed by atoms with van der Waals surface area (Å²) in [6.07, 6.45) is 0. The Labute approximate surface area is 156 Å². The van der Waals surface area contributed by atoms with Crippen LogP contribution in [0.4, 0.5) is 9.18 Å². The van der Waals surface area contributed by atoms with Gasteiger partial charge < -0.3 is 10.2 Å². The summed E-state index contributed by atoms with van der Waals surface area (Å²) in [6, 6.07) is 10.4. The molecule has 132 valence electrons. The second kappa shape index (κ2) is 5.91. The van der Waals surface area contributed by atoms with Crippen molar-refractivity contribution in [1.82, 2.24) is 15.5 Å². The number of rotatable bonds is 3. The predicted octanol–water partition coefficient (Wildman–Crippen LogP) is 2.28. The first-order valence-electron chi connectivity index (χ1n) is 7.86. The number of nitrogens with zero attached hydrogens (tertiary/aromatic N) is 1. The Morgan fingerprint density at radius 1 is 1.12 bits per heavy atom. The summed E-state index contributed by atoms with van der Waals surface area (Å²) >= 11 is 3.33. The molecule has 1 atom stereocenters. The lowest BCUT2D eigenvalue weighted by molar-refractivity contribution is -0.124. The first-order chi connectivity index (χ1) is 12.4. The van der Waals surface area contributed by atoms with Gasteiger partial charge in [0.15, 0.2) is 5.54 Å². The molecular formula is C18H13BrFN3O3. The van der Waals surface area contributed by atoms with Gasteiger partial charge in [0, 0.05) is 16.6 Å². The summed E-state index contributed by atoms with van der Waals surface area (Å²) in [5.74, 6) is -1.39. The number of halogens is 2. The highest BCUT2D eigenvalue weighted by atomic mass is 79.9. The van der Waals surface area contributed by atoms with E-state index in [-0.39, 0.29) is 24.6 Å². The van der Waals surface area contributed by atoms with E-state index in [9.17, 15) is 18.8 Å². The maximum atomic E-state index is 13.5. The minimum Gasteiger partial charge on any atom is -0.331 e. The third kappa shape index (κ3) is 2.57. The van der Waals surface area contributed by atoms with Crippen molar-refractivity contribution in [1.29, 1.82) is 0 Å². The van der Waals surface area contributed by atoms with Crippen LogP contribution in [0.1, 0.15) is 21.5 Å². The number of carbonyl (C=O) groups is 3. The molecule has 6 nitrogen and oxygen atoms in total. The molecule has 1 unspecified atom stereocenters. The van der Waals surface area contributed by atoms with Crippen molar-refractivity contribution in [2.24, 2.45) is 0 Å². The lowest BCUT2D eigenvalue weighted by Crippen LogP contribution is -2.52. The second-order valence-corrected chi connectivity index (χ2v) is 7.20. The van der Waals surface area contributed by atoms with Crippen LogP contribution in [0.5, 0.6) is 0 Å². The van der Waals surface area contributed by atoms with Crippen LogP contribution in [0.3, 0.4) is 0 Å². The van der Waals surface area contributed by atoms with Crippen LogP contribution in [0.25, 0.3) is 0 Å². The van der Waals surface area contributed by atoms with Crippen molar-refractivity contribution in [3.8, 4) is 0 Å². The van der Waals surface area contributed by atoms with Gasteiger partial charge in [0.1, 0.15) is 5.82 Å². The van der Waals surface area contributed by atoms with Crippen LogP contribution < -0.4 is 10.6 Å². The van der Waals surface area contributed by atoms with Crippen molar-refractivity contribution in [3.63, 3.8) is 0 Å². The number of carbonyl (C=O) groups excluding carboxylic acids is 3. The maximum Gasteiger partial charge on any atom is 0.322 e. The largest absolute Gasteiger partial charge is 0.331 e. The Bertz CT molecular complexity index is 947. The Balaban J connectivity index is 1.71. The predicted molar refractivity (Wildman–Crippen MR) is 93.6 cm³/mol. The highest BCUT2D eigenvalue weighted by molar-refractivity contribution is 9.10. The van der Waals surface area contributed by atoms with Crippen molar-refractivity contribution >= 4 is 33.8 Å². The second-order valence-electron chi connectivity index (χ2n) is 6.28. The fourth-order valence-electron chi connectivity index (χ4n) is 3.38. The van der Waals surface area contributed by atoms with Crippen molar-refractivity contribution in [3.05, 3.63) is 69.4 Å². The normalized spacial score (nSPS) is 21.6. The first-order valence-corrected chi connectivity index (χ1v) is 8.66. The number of hydrogen-bond acceptors (Lipinski definition) is 3. The number of urea groups is 1. The molecule has 0 radical (unpaired) electrons. The van der Waals surface area contributed by atoms with Crippen molar-refractivity contribution in [2.75, 3.05) is 6.54 Å². The molecule has 2 heterocycles. The maximum absolute atomic E-state index is 13.5. The van der Waals surface area contributed by atoms with Gasteiger partial charge in [0.2, 0.25) is 0 Å².